The molecule has 5 nitrogen and oxygen atoms in total. The largest absolute Gasteiger partial charge is 0.454 e. The van der Waals surface area contributed by atoms with Gasteiger partial charge in [-0.1, -0.05) is 6.07 Å². The maximum absolute atomic E-state index is 10.4. The van der Waals surface area contributed by atoms with E-state index in [4.69, 9.17) is 14.2 Å². The van der Waals surface area contributed by atoms with E-state index in [1.807, 2.05) is 18.2 Å². The highest BCUT2D eigenvalue weighted by Crippen LogP contribution is 2.35. The molecule has 1 atom stereocenters. The molecule has 1 aromatic rings. The van der Waals surface area contributed by atoms with Crippen LogP contribution in [-0.2, 0) is 4.74 Å². The van der Waals surface area contributed by atoms with Crippen molar-refractivity contribution in [2.45, 2.75) is 25.0 Å². The van der Waals surface area contributed by atoms with Gasteiger partial charge in [0.1, 0.15) is 0 Å². The Hall–Kier alpha value is -1.30. The first-order chi connectivity index (χ1) is 9.78. The van der Waals surface area contributed by atoms with Crippen molar-refractivity contribution in [3.63, 3.8) is 0 Å². The molecule has 1 unspecified atom stereocenters. The van der Waals surface area contributed by atoms with Crippen LogP contribution in [0.25, 0.3) is 0 Å². The highest BCUT2D eigenvalue weighted by atomic mass is 16.7. The molecule has 3 rings (SSSR count). The fourth-order valence-corrected chi connectivity index (χ4v) is 2.52. The second-order valence-electron chi connectivity index (χ2n) is 5.35. The highest BCUT2D eigenvalue weighted by Gasteiger charge is 2.30. The van der Waals surface area contributed by atoms with Gasteiger partial charge in [0.2, 0.25) is 6.79 Å². The number of hydrogen-bond acceptors (Lipinski definition) is 5. The van der Waals surface area contributed by atoms with Crippen LogP contribution in [0.1, 0.15) is 24.5 Å². The van der Waals surface area contributed by atoms with Crippen molar-refractivity contribution in [2.75, 3.05) is 33.6 Å². The summed E-state index contributed by atoms with van der Waals surface area (Å²) >= 11 is 0. The minimum Gasteiger partial charge on any atom is -0.454 e. The maximum Gasteiger partial charge on any atom is 0.231 e. The smallest absolute Gasteiger partial charge is 0.231 e. The van der Waals surface area contributed by atoms with Crippen LogP contribution in [0.2, 0.25) is 0 Å². The lowest BCUT2D eigenvalue weighted by Crippen LogP contribution is -2.33. The first kappa shape index (κ1) is 13.7. The first-order valence-electron chi connectivity index (χ1n) is 7.08. The summed E-state index contributed by atoms with van der Waals surface area (Å²) in [5.74, 6) is 1.47. The quantitative estimate of drug-likeness (QED) is 0.821. The number of methoxy groups -OCH3 is 1. The van der Waals surface area contributed by atoms with Gasteiger partial charge in [-0.25, -0.2) is 0 Å². The fraction of sp³-hybridized carbons (Fsp3) is 0.600. The van der Waals surface area contributed by atoms with Crippen LogP contribution in [0.3, 0.4) is 0 Å². The van der Waals surface area contributed by atoms with Crippen molar-refractivity contribution in [3.8, 4) is 11.5 Å². The Morgan fingerprint density at radius 2 is 2.15 bits per heavy atom. The molecule has 0 radical (unpaired) electrons. The zero-order valence-corrected chi connectivity index (χ0v) is 11.7. The summed E-state index contributed by atoms with van der Waals surface area (Å²) in [6.45, 7) is 2.46. The summed E-state index contributed by atoms with van der Waals surface area (Å²) in [5, 5.41) is 10.4. The molecule has 1 aliphatic heterocycles. The molecular weight excluding hydrogens is 258 g/mol. The Morgan fingerprint density at radius 3 is 2.90 bits per heavy atom. The van der Waals surface area contributed by atoms with Gasteiger partial charge in [0, 0.05) is 26.2 Å². The minimum absolute atomic E-state index is 0.261. The SMILES string of the molecule is COCCN(CC(O)c1ccc2c(c1)OCO2)C1CC1. The number of ether oxygens (including phenoxy) is 3. The number of fused-ring (bicyclic) bond motifs is 1. The third-order valence-corrected chi connectivity index (χ3v) is 3.83. The van der Waals surface area contributed by atoms with Crippen molar-refractivity contribution in [1.82, 2.24) is 4.90 Å². The standard InChI is InChI=1S/C15H21NO4/c1-18-7-6-16(12-3-4-12)9-13(17)11-2-5-14-15(8-11)20-10-19-14/h2,5,8,12-13,17H,3-4,6-7,9-10H2,1H3. The van der Waals surface area contributed by atoms with E-state index < -0.39 is 6.10 Å². The van der Waals surface area contributed by atoms with Crippen molar-refractivity contribution >= 4 is 0 Å². The predicted molar refractivity (Wildman–Crippen MR) is 74.0 cm³/mol. The zero-order valence-electron chi connectivity index (χ0n) is 11.7. The van der Waals surface area contributed by atoms with Crippen LogP contribution >= 0.6 is 0 Å². The van der Waals surface area contributed by atoms with Crippen molar-refractivity contribution in [2.24, 2.45) is 0 Å². The number of benzene rings is 1. The van der Waals surface area contributed by atoms with Crippen molar-refractivity contribution in [1.29, 1.82) is 0 Å². The summed E-state index contributed by atoms with van der Waals surface area (Å²) in [4.78, 5) is 2.30. The molecule has 0 saturated heterocycles. The third kappa shape index (κ3) is 3.06. The normalized spacial score (nSPS) is 18.6. The number of aliphatic hydroxyl groups excluding tert-OH is 1. The van der Waals surface area contributed by atoms with E-state index >= 15 is 0 Å². The van der Waals surface area contributed by atoms with Gasteiger partial charge in [-0.05, 0) is 30.5 Å². The van der Waals surface area contributed by atoms with Crippen LogP contribution in [0.4, 0.5) is 0 Å². The average molecular weight is 279 g/mol. The summed E-state index contributed by atoms with van der Waals surface area (Å²) in [6, 6.07) is 6.24. The van der Waals surface area contributed by atoms with E-state index in [2.05, 4.69) is 4.90 Å². The molecule has 2 aliphatic rings. The molecule has 110 valence electrons. The van der Waals surface area contributed by atoms with Gasteiger partial charge in [0.15, 0.2) is 11.5 Å². The molecule has 0 aromatic heterocycles. The molecule has 5 heteroatoms. The molecule has 0 bridgehead atoms. The van der Waals surface area contributed by atoms with Crippen molar-refractivity contribution in [3.05, 3.63) is 23.8 Å². The second-order valence-corrected chi connectivity index (χ2v) is 5.35. The van der Waals surface area contributed by atoms with E-state index in [1.165, 1.54) is 12.8 Å². The number of rotatable bonds is 7. The molecule has 1 aromatic carbocycles. The molecular formula is C15H21NO4. The van der Waals surface area contributed by atoms with E-state index in [0.717, 1.165) is 23.6 Å². The molecule has 0 amide bonds. The third-order valence-electron chi connectivity index (χ3n) is 3.83. The van der Waals surface area contributed by atoms with Gasteiger partial charge in [0.05, 0.1) is 12.7 Å². The Balaban J connectivity index is 1.63. The molecule has 1 aliphatic carbocycles. The summed E-state index contributed by atoms with van der Waals surface area (Å²) in [6.07, 6.45) is 1.93. The molecule has 1 heterocycles. The topological polar surface area (TPSA) is 51.2 Å². The Kier molecular flexibility index (Phi) is 4.10. The van der Waals surface area contributed by atoms with Gasteiger partial charge in [-0.15, -0.1) is 0 Å². The Labute approximate surface area is 119 Å². The predicted octanol–water partition coefficient (Wildman–Crippen LogP) is 1.56. The van der Waals surface area contributed by atoms with Crippen LogP contribution in [0, 0.1) is 0 Å². The molecule has 1 N–H and O–H groups in total. The number of aliphatic hydroxyl groups is 1. The highest BCUT2D eigenvalue weighted by molar-refractivity contribution is 5.45. The van der Waals surface area contributed by atoms with Crippen LogP contribution < -0.4 is 9.47 Å². The summed E-state index contributed by atoms with van der Waals surface area (Å²) < 4.78 is 15.8. The van der Waals surface area contributed by atoms with Gasteiger partial charge in [-0.3, -0.25) is 4.90 Å². The van der Waals surface area contributed by atoms with Crippen LogP contribution in [-0.4, -0.2) is 49.6 Å². The zero-order chi connectivity index (χ0) is 13.9. The Bertz CT molecular complexity index is 461. The number of nitrogens with zero attached hydrogens (tertiary/aromatic N) is 1. The summed E-state index contributed by atoms with van der Waals surface area (Å²) in [7, 11) is 1.71. The van der Waals surface area contributed by atoms with Gasteiger partial charge in [0.25, 0.3) is 0 Å². The van der Waals surface area contributed by atoms with Crippen LogP contribution in [0.15, 0.2) is 18.2 Å². The Morgan fingerprint density at radius 1 is 1.35 bits per heavy atom. The molecule has 1 saturated carbocycles. The van der Waals surface area contributed by atoms with E-state index in [-0.39, 0.29) is 6.79 Å². The van der Waals surface area contributed by atoms with E-state index in [1.54, 1.807) is 7.11 Å². The lowest BCUT2D eigenvalue weighted by atomic mass is 10.1. The summed E-state index contributed by atoms with van der Waals surface area (Å²) in [5.41, 5.74) is 0.873. The lowest BCUT2D eigenvalue weighted by molar-refractivity contribution is 0.0844. The molecule has 0 spiro atoms. The van der Waals surface area contributed by atoms with Gasteiger partial charge < -0.3 is 19.3 Å². The monoisotopic (exact) mass is 279 g/mol. The first-order valence-corrected chi connectivity index (χ1v) is 7.08. The van der Waals surface area contributed by atoms with Crippen molar-refractivity contribution < 1.29 is 19.3 Å². The van der Waals surface area contributed by atoms with Gasteiger partial charge >= 0.3 is 0 Å². The van der Waals surface area contributed by atoms with E-state index in [0.29, 0.717) is 19.2 Å². The fourth-order valence-electron chi connectivity index (χ4n) is 2.52. The second kappa shape index (κ2) is 5.99. The molecule has 20 heavy (non-hydrogen) atoms. The van der Waals surface area contributed by atoms with Gasteiger partial charge in [-0.2, -0.15) is 0 Å². The molecule has 1 fully saturated rings. The number of hydrogen-bond donors (Lipinski definition) is 1. The average Bonchev–Trinajstić information content (AvgIpc) is 3.20. The lowest BCUT2D eigenvalue weighted by Gasteiger charge is -2.24. The van der Waals surface area contributed by atoms with Crippen LogP contribution in [0.5, 0.6) is 11.5 Å². The maximum atomic E-state index is 10.4. The van der Waals surface area contributed by atoms with E-state index in [9.17, 15) is 5.11 Å². The minimum atomic E-state index is -0.512.